The SMILES string of the molecule is CCOc1ccc(C(=O)C2CCN(C(C)=O)CC2)cc1. The number of carbonyl (C=O) groups is 2. The lowest BCUT2D eigenvalue weighted by molar-refractivity contribution is -0.130. The number of piperidine rings is 1. The normalized spacial score (nSPS) is 16.0. The van der Waals surface area contributed by atoms with Crippen LogP contribution in [0.25, 0.3) is 0 Å². The molecule has 0 aliphatic carbocycles. The molecular weight excluding hydrogens is 254 g/mol. The van der Waals surface area contributed by atoms with Crippen molar-refractivity contribution in [3.63, 3.8) is 0 Å². The summed E-state index contributed by atoms with van der Waals surface area (Å²) in [5.74, 6) is 1.09. The van der Waals surface area contributed by atoms with Crippen LogP contribution in [-0.2, 0) is 4.79 Å². The molecule has 0 atom stereocenters. The van der Waals surface area contributed by atoms with Gasteiger partial charge in [-0.25, -0.2) is 0 Å². The van der Waals surface area contributed by atoms with E-state index in [1.807, 2.05) is 36.1 Å². The number of ether oxygens (including phenoxy) is 1. The number of Topliss-reactive ketones (excluding diaryl/α,β-unsaturated/α-hetero) is 1. The van der Waals surface area contributed by atoms with Gasteiger partial charge in [0.25, 0.3) is 0 Å². The molecule has 4 heteroatoms. The Bertz CT molecular complexity index is 473. The van der Waals surface area contributed by atoms with Gasteiger partial charge in [0.2, 0.25) is 5.91 Å². The standard InChI is InChI=1S/C16H21NO3/c1-3-20-15-6-4-13(5-7-15)16(19)14-8-10-17(11-9-14)12(2)18/h4-7,14H,3,8-11H2,1-2H3. The third-order valence-electron chi connectivity index (χ3n) is 3.76. The Labute approximate surface area is 119 Å². The molecule has 108 valence electrons. The largest absolute Gasteiger partial charge is 0.494 e. The lowest BCUT2D eigenvalue weighted by Gasteiger charge is -2.30. The summed E-state index contributed by atoms with van der Waals surface area (Å²) >= 11 is 0. The quantitative estimate of drug-likeness (QED) is 0.793. The number of likely N-dealkylation sites (tertiary alicyclic amines) is 1. The van der Waals surface area contributed by atoms with Crippen LogP contribution in [0.15, 0.2) is 24.3 Å². The molecule has 1 amide bonds. The highest BCUT2D eigenvalue weighted by Gasteiger charge is 2.26. The fourth-order valence-corrected chi connectivity index (χ4v) is 2.57. The smallest absolute Gasteiger partial charge is 0.219 e. The molecule has 0 unspecified atom stereocenters. The van der Waals surface area contributed by atoms with Crippen molar-refractivity contribution in [2.45, 2.75) is 26.7 Å². The number of carbonyl (C=O) groups excluding carboxylic acids is 2. The Hall–Kier alpha value is -1.84. The van der Waals surface area contributed by atoms with Gasteiger partial charge in [0.15, 0.2) is 5.78 Å². The number of nitrogens with zero attached hydrogens (tertiary/aromatic N) is 1. The molecule has 1 heterocycles. The van der Waals surface area contributed by atoms with E-state index in [-0.39, 0.29) is 17.6 Å². The molecule has 0 bridgehead atoms. The highest BCUT2D eigenvalue weighted by Crippen LogP contribution is 2.23. The van der Waals surface area contributed by atoms with Crippen molar-refractivity contribution in [3.8, 4) is 5.75 Å². The molecule has 20 heavy (non-hydrogen) atoms. The molecule has 1 aliphatic rings. The monoisotopic (exact) mass is 275 g/mol. The van der Waals surface area contributed by atoms with Crippen LogP contribution in [0.2, 0.25) is 0 Å². The molecular formula is C16H21NO3. The van der Waals surface area contributed by atoms with Gasteiger partial charge in [0.1, 0.15) is 5.75 Å². The predicted octanol–water partition coefficient (Wildman–Crippen LogP) is 2.53. The van der Waals surface area contributed by atoms with Crippen molar-refractivity contribution in [1.82, 2.24) is 4.90 Å². The van der Waals surface area contributed by atoms with E-state index in [2.05, 4.69) is 0 Å². The van der Waals surface area contributed by atoms with Gasteiger partial charge in [0.05, 0.1) is 6.61 Å². The fourth-order valence-electron chi connectivity index (χ4n) is 2.57. The molecule has 2 rings (SSSR count). The molecule has 1 saturated heterocycles. The summed E-state index contributed by atoms with van der Waals surface area (Å²) in [6, 6.07) is 7.32. The minimum absolute atomic E-state index is 0.0311. The van der Waals surface area contributed by atoms with E-state index in [1.54, 1.807) is 6.92 Å². The summed E-state index contributed by atoms with van der Waals surface area (Å²) in [6.07, 6.45) is 1.51. The topological polar surface area (TPSA) is 46.6 Å². The Morgan fingerprint density at radius 2 is 1.80 bits per heavy atom. The van der Waals surface area contributed by atoms with Gasteiger partial charge in [-0.15, -0.1) is 0 Å². The molecule has 0 radical (unpaired) electrons. The van der Waals surface area contributed by atoms with E-state index in [4.69, 9.17) is 4.74 Å². The van der Waals surface area contributed by atoms with Crippen molar-refractivity contribution in [3.05, 3.63) is 29.8 Å². The molecule has 0 spiro atoms. The van der Waals surface area contributed by atoms with E-state index in [0.29, 0.717) is 19.7 Å². The maximum Gasteiger partial charge on any atom is 0.219 e. The first-order valence-corrected chi connectivity index (χ1v) is 7.14. The number of amides is 1. The van der Waals surface area contributed by atoms with Gasteiger partial charge in [-0.3, -0.25) is 9.59 Å². The summed E-state index contributed by atoms with van der Waals surface area (Å²) in [5, 5.41) is 0. The van der Waals surface area contributed by atoms with Crippen LogP contribution in [-0.4, -0.2) is 36.3 Å². The molecule has 1 aromatic carbocycles. The van der Waals surface area contributed by atoms with Gasteiger partial charge in [0, 0.05) is 31.5 Å². The molecule has 0 N–H and O–H groups in total. The average Bonchev–Trinajstić information content (AvgIpc) is 2.48. The molecule has 4 nitrogen and oxygen atoms in total. The van der Waals surface area contributed by atoms with Crippen LogP contribution in [0.5, 0.6) is 5.75 Å². The van der Waals surface area contributed by atoms with Crippen molar-refractivity contribution >= 4 is 11.7 Å². The maximum absolute atomic E-state index is 12.4. The van der Waals surface area contributed by atoms with Crippen molar-refractivity contribution in [1.29, 1.82) is 0 Å². The Kier molecular flexibility index (Phi) is 4.77. The number of rotatable bonds is 4. The van der Waals surface area contributed by atoms with E-state index >= 15 is 0 Å². The van der Waals surface area contributed by atoms with Crippen LogP contribution >= 0.6 is 0 Å². The van der Waals surface area contributed by atoms with Crippen LogP contribution < -0.4 is 4.74 Å². The first-order chi connectivity index (χ1) is 9.61. The second kappa shape index (κ2) is 6.55. The number of ketones is 1. The van der Waals surface area contributed by atoms with Gasteiger partial charge >= 0.3 is 0 Å². The highest BCUT2D eigenvalue weighted by molar-refractivity contribution is 5.98. The summed E-state index contributed by atoms with van der Waals surface area (Å²) in [6.45, 7) is 5.50. The van der Waals surface area contributed by atoms with Gasteiger partial charge < -0.3 is 9.64 Å². The molecule has 0 saturated carbocycles. The maximum atomic E-state index is 12.4. The Balaban J connectivity index is 1.96. The minimum atomic E-state index is 0.0311. The highest BCUT2D eigenvalue weighted by atomic mass is 16.5. The lowest BCUT2D eigenvalue weighted by Crippen LogP contribution is -2.39. The average molecular weight is 275 g/mol. The van der Waals surface area contributed by atoms with E-state index < -0.39 is 0 Å². The van der Waals surface area contributed by atoms with E-state index in [9.17, 15) is 9.59 Å². The minimum Gasteiger partial charge on any atom is -0.494 e. The predicted molar refractivity (Wildman–Crippen MR) is 76.9 cm³/mol. The van der Waals surface area contributed by atoms with E-state index in [0.717, 1.165) is 24.2 Å². The van der Waals surface area contributed by atoms with Crippen molar-refractivity contribution < 1.29 is 14.3 Å². The summed E-state index contributed by atoms with van der Waals surface area (Å²) in [5.41, 5.74) is 0.731. The fraction of sp³-hybridized carbons (Fsp3) is 0.500. The number of hydrogen-bond donors (Lipinski definition) is 0. The number of benzene rings is 1. The zero-order chi connectivity index (χ0) is 14.5. The summed E-state index contributed by atoms with van der Waals surface area (Å²) in [7, 11) is 0. The zero-order valence-electron chi connectivity index (χ0n) is 12.1. The second-order valence-electron chi connectivity index (χ2n) is 5.10. The van der Waals surface area contributed by atoms with Crippen LogP contribution in [0.1, 0.15) is 37.0 Å². The Morgan fingerprint density at radius 3 is 2.30 bits per heavy atom. The molecule has 1 aromatic rings. The van der Waals surface area contributed by atoms with E-state index in [1.165, 1.54) is 0 Å². The third kappa shape index (κ3) is 3.38. The van der Waals surface area contributed by atoms with Crippen LogP contribution in [0.3, 0.4) is 0 Å². The molecule has 1 aliphatic heterocycles. The van der Waals surface area contributed by atoms with Crippen LogP contribution in [0.4, 0.5) is 0 Å². The third-order valence-corrected chi connectivity index (χ3v) is 3.76. The summed E-state index contributed by atoms with van der Waals surface area (Å²) in [4.78, 5) is 25.5. The number of hydrogen-bond acceptors (Lipinski definition) is 3. The van der Waals surface area contributed by atoms with Gasteiger partial charge in [-0.1, -0.05) is 0 Å². The lowest BCUT2D eigenvalue weighted by atomic mass is 9.89. The zero-order valence-corrected chi connectivity index (χ0v) is 12.1. The van der Waals surface area contributed by atoms with Gasteiger partial charge in [-0.05, 0) is 44.0 Å². The van der Waals surface area contributed by atoms with Crippen LogP contribution in [0, 0.1) is 5.92 Å². The van der Waals surface area contributed by atoms with Gasteiger partial charge in [-0.2, -0.15) is 0 Å². The van der Waals surface area contributed by atoms with Crippen molar-refractivity contribution in [2.24, 2.45) is 5.92 Å². The molecule has 1 fully saturated rings. The first-order valence-electron chi connectivity index (χ1n) is 7.14. The second-order valence-corrected chi connectivity index (χ2v) is 5.10. The molecule has 0 aromatic heterocycles. The Morgan fingerprint density at radius 1 is 1.20 bits per heavy atom. The summed E-state index contributed by atoms with van der Waals surface area (Å²) < 4.78 is 5.37. The van der Waals surface area contributed by atoms with Crippen molar-refractivity contribution in [2.75, 3.05) is 19.7 Å². The first kappa shape index (κ1) is 14.6.